The number of amides is 1. The van der Waals surface area contributed by atoms with Crippen molar-refractivity contribution in [2.24, 2.45) is 0 Å². The lowest BCUT2D eigenvalue weighted by molar-refractivity contribution is -0.126. The van der Waals surface area contributed by atoms with E-state index in [1.807, 2.05) is 0 Å². The Labute approximate surface area is 201 Å². The van der Waals surface area contributed by atoms with Crippen LogP contribution in [0.4, 0.5) is 5.82 Å². The molecule has 1 aliphatic rings. The first kappa shape index (κ1) is 22.1. The average molecular weight is 467 g/mol. The lowest BCUT2D eigenvalue weighted by Gasteiger charge is -2.21. The zero-order chi connectivity index (χ0) is 24.4. The van der Waals surface area contributed by atoms with Crippen LogP contribution < -0.4 is 10.5 Å². The highest BCUT2D eigenvalue weighted by Gasteiger charge is 2.34. The van der Waals surface area contributed by atoms with Gasteiger partial charge in [-0.1, -0.05) is 5.92 Å². The average Bonchev–Trinajstić information content (AvgIpc) is 3.51. The van der Waals surface area contributed by atoms with Crippen molar-refractivity contribution in [3.63, 3.8) is 0 Å². The van der Waals surface area contributed by atoms with E-state index in [2.05, 4.69) is 21.8 Å². The third-order valence-electron chi connectivity index (χ3n) is 5.86. The highest BCUT2D eigenvalue weighted by molar-refractivity contribution is 6.13. The second-order valence-corrected chi connectivity index (χ2v) is 8.03. The van der Waals surface area contributed by atoms with Gasteiger partial charge in [0.25, 0.3) is 5.91 Å². The van der Waals surface area contributed by atoms with Crippen molar-refractivity contribution in [2.45, 2.75) is 25.8 Å². The van der Waals surface area contributed by atoms with Crippen molar-refractivity contribution in [2.75, 3.05) is 12.3 Å². The molecule has 1 atom stereocenters. The lowest BCUT2D eigenvalue weighted by Crippen LogP contribution is -2.30. The SMILES string of the molecule is CC#CC(=O)N1CCC[C@H]1c1nc(C(=O)c2ccc(Oc3cccnc3)cc2)c2c(N)nccn12. The minimum atomic E-state index is -0.311. The molecule has 1 amide bonds. The fourth-order valence-corrected chi connectivity index (χ4v) is 4.29. The molecular formula is C26H22N6O3. The van der Waals surface area contributed by atoms with E-state index in [0.717, 1.165) is 6.42 Å². The number of anilines is 1. The Bertz CT molecular complexity index is 1470. The highest BCUT2D eigenvalue weighted by atomic mass is 16.5. The van der Waals surface area contributed by atoms with Gasteiger partial charge in [-0.15, -0.1) is 0 Å². The first-order chi connectivity index (χ1) is 17.1. The van der Waals surface area contributed by atoms with E-state index in [9.17, 15) is 9.59 Å². The standard InChI is InChI=1S/C26H22N6O3/c1-2-5-21(33)31-14-4-7-20(31)26-30-22(23-25(27)29-13-15-32(23)26)24(34)17-8-10-18(11-9-17)35-19-6-3-12-28-16-19/h3,6,8-13,15-16,20H,4,7,14H2,1H3,(H2,27,29)/t20-/m0/s1. The number of nitrogen functional groups attached to an aromatic ring is 1. The normalized spacial score (nSPS) is 15.0. The van der Waals surface area contributed by atoms with Gasteiger partial charge >= 0.3 is 0 Å². The largest absolute Gasteiger partial charge is 0.456 e. The molecule has 1 aromatic carbocycles. The summed E-state index contributed by atoms with van der Waals surface area (Å²) in [5, 5.41) is 0. The molecule has 1 fully saturated rings. The van der Waals surface area contributed by atoms with Crippen molar-refractivity contribution in [3.05, 3.63) is 78.3 Å². The molecule has 4 heterocycles. The van der Waals surface area contributed by atoms with Crippen LogP contribution in [0.25, 0.3) is 5.52 Å². The van der Waals surface area contributed by atoms with Crippen LogP contribution in [0.3, 0.4) is 0 Å². The van der Waals surface area contributed by atoms with Crippen LogP contribution in [-0.4, -0.2) is 42.5 Å². The summed E-state index contributed by atoms with van der Waals surface area (Å²) in [5.41, 5.74) is 7.22. The molecule has 3 aromatic heterocycles. The number of carbonyl (C=O) groups excluding carboxylic acids is 2. The first-order valence-electron chi connectivity index (χ1n) is 11.1. The third kappa shape index (κ3) is 4.17. The summed E-state index contributed by atoms with van der Waals surface area (Å²) < 4.78 is 7.52. The second kappa shape index (κ2) is 9.27. The van der Waals surface area contributed by atoms with Gasteiger partial charge in [0, 0.05) is 30.7 Å². The molecular weight excluding hydrogens is 444 g/mol. The molecule has 9 heteroatoms. The molecule has 0 aliphatic carbocycles. The maximum Gasteiger partial charge on any atom is 0.299 e. The fourth-order valence-electron chi connectivity index (χ4n) is 4.29. The number of nitrogens with zero attached hydrogens (tertiary/aromatic N) is 5. The number of hydrogen-bond donors (Lipinski definition) is 1. The number of benzene rings is 1. The van der Waals surface area contributed by atoms with E-state index in [1.54, 1.807) is 77.4 Å². The van der Waals surface area contributed by atoms with E-state index in [-0.39, 0.29) is 29.2 Å². The third-order valence-corrected chi connectivity index (χ3v) is 5.86. The predicted molar refractivity (Wildman–Crippen MR) is 129 cm³/mol. The molecule has 1 aliphatic heterocycles. The van der Waals surface area contributed by atoms with Crippen molar-refractivity contribution < 1.29 is 14.3 Å². The number of ether oxygens (including phenoxy) is 1. The summed E-state index contributed by atoms with van der Waals surface area (Å²) in [6.45, 7) is 2.21. The van der Waals surface area contributed by atoms with E-state index in [1.165, 1.54) is 0 Å². The quantitative estimate of drug-likeness (QED) is 0.354. The van der Waals surface area contributed by atoms with Crippen LogP contribution in [0, 0.1) is 11.8 Å². The van der Waals surface area contributed by atoms with Crippen molar-refractivity contribution >= 4 is 23.0 Å². The van der Waals surface area contributed by atoms with Crippen LogP contribution in [0.5, 0.6) is 11.5 Å². The fraction of sp³-hybridized carbons (Fsp3) is 0.192. The molecule has 0 unspecified atom stereocenters. The van der Waals surface area contributed by atoms with Gasteiger partial charge in [-0.2, -0.15) is 0 Å². The number of fused-ring (bicyclic) bond motifs is 1. The Morgan fingerprint density at radius 1 is 1.14 bits per heavy atom. The number of hydrogen-bond acceptors (Lipinski definition) is 7. The van der Waals surface area contributed by atoms with Crippen molar-refractivity contribution in [1.29, 1.82) is 0 Å². The molecule has 5 rings (SSSR count). The maximum absolute atomic E-state index is 13.5. The smallest absolute Gasteiger partial charge is 0.299 e. The van der Waals surface area contributed by atoms with Gasteiger partial charge in [0.05, 0.1) is 12.2 Å². The molecule has 0 radical (unpaired) electrons. The maximum atomic E-state index is 13.5. The number of aromatic nitrogens is 4. The van der Waals surface area contributed by atoms with Crippen LogP contribution in [-0.2, 0) is 4.79 Å². The number of carbonyl (C=O) groups is 2. The molecule has 35 heavy (non-hydrogen) atoms. The van der Waals surface area contributed by atoms with Gasteiger partial charge < -0.3 is 15.4 Å². The van der Waals surface area contributed by atoms with E-state index in [0.29, 0.717) is 41.4 Å². The van der Waals surface area contributed by atoms with Gasteiger partial charge in [0.15, 0.2) is 0 Å². The Hall–Kier alpha value is -4.71. The molecule has 0 bridgehead atoms. The van der Waals surface area contributed by atoms with E-state index >= 15 is 0 Å². The number of ketones is 1. The highest BCUT2D eigenvalue weighted by Crippen LogP contribution is 2.34. The summed E-state index contributed by atoms with van der Waals surface area (Å²) in [5.74, 6) is 6.63. The second-order valence-electron chi connectivity index (χ2n) is 8.03. The monoisotopic (exact) mass is 466 g/mol. The van der Waals surface area contributed by atoms with Crippen molar-refractivity contribution in [1.82, 2.24) is 24.3 Å². The van der Waals surface area contributed by atoms with Gasteiger partial charge in [0.1, 0.15) is 34.4 Å². The van der Waals surface area contributed by atoms with Gasteiger partial charge in [-0.3, -0.25) is 19.0 Å². The number of imidazole rings is 1. The van der Waals surface area contributed by atoms with Gasteiger partial charge in [0.2, 0.25) is 5.78 Å². The lowest BCUT2D eigenvalue weighted by atomic mass is 10.1. The summed E-state index contributed by atoms with van der Waals surface area (Å²) in [6.07, 6.45) is 8.07. The topological polar surface area (TPSA) is 116 Å². The zero-order valence-corrected chi connectivity index (χ0v) is 19.0. The summed E-state index contributed by atoms with van der Waals surface area (Å²) in [7, 11) is 0. The molecule has 0 spiro atoms. The predicted octanol–water partition coefficient (Wildman–Crippen LogP) is 3.42. The Kier molecular flexibility index (Phi) is 5.85. The molecule has 9 nitrogen and oxygen atoms in total. The molecule has 0 saturated carbocycles. The summed E-state index contributed by atoms with van der Waals surface area (Å²) >= 11 is 0. The van der Waals surface area contributed by atoms with Crippen LogP contribution in [0.15, 0.2) is 61.2 Å². The number of rotatable bonds is 5. The first-order valence-corrected chi connectivity index (χ1v) is 11.1. The Morgan fingerprint density at radius 3 is 2.71 bits per heavy atom. The van der Waals surface area contributed by atoms with Crippen LogP contribution in [0.1, 0.15) is 47.7 Å². The van der Waals surface area contributed by atoms with E-state index in [4.69, 9.17) is 15.5 Å². The van der Waals surface area contributed by atoms with Gasteiger partial charge in [-0.05, 0) is 62.1 Å². The van der Waals surface area contributed by atoms with Gasteiger partial charge in [-0.25, -0.2) is 9.97 Å². The van der Waals surface area contributed by atoms with Crippen molar-refractivity contribution in [3.8, 4) is 23.3 Å². The van der Waals surface area contributed by atoms with Crippen LogP contribution in [0.2, 0.25) is 0 Å². The summed E-state index contributed by atoms with van der Waals surface area (Å²) in [4.78, 5) is 40.7. The van der Waals surface area contributed by atoms with E-state index < -0.39 is 0 Å². The number of nitrogens with two attached hydrogens (primary N) is 1. The molecule has 174 valence electrons. The minimum absolute atomic E-state index is 0.187. The number of likely N-dealkylation sites (tertiary alicyclic amines) is 1. The van der Waals surface area contributed by atoms with Crippen LogP contribution >= 0.6 is 0 Å². The number of pyridine rings is 1. The molecule has 2 N–H and O–H groups in total. The Balaban J connectivity index is 1.50. The zero-order valence-electron chi connectivity index (χ0n) is 19.0. The Morgan fingerprint density at radius 2 is 1.97 bits per heavy atom. The summed E-state index contributed by atoms with van der Waals surface area (Å²) in [6, 6.07) is 10.0. The molecule has 1 saturated heterocycles. The molecule has 4 aromatic rings. The minimum Gasteiger partial charge on any atom is -0.456 e.